The van der Waals surface area contributed by atoms with Crippen LogP contribution in [-0.4, -0.2) is 28.7 Å². The first kappa shape index (κ1) is 34.3. The molecule has 0 spiro atoms. The van der Waals surface area contributed by atoms with Crippen molar-refractivity contribution >= 4 is 11.9 Å². The number of ether oxygens (including phenoxy) is 1. The quantitative estimate of drug-likeness (QED) is 0.150. The van der Waals surface area contributed by atoms with E-state index in [9.17, 15) is 14.7 Å². The number of carbonyl (C=O) groups is 2. The Bertz CT molecular complexity index is 1090. The summed E-state index contributed by atoms with van der Waals surface area (Å²) in [4.78, 5) is 26.0. The summed E-state index contributed by atoms with van der Waals surface area (Å²) in [6.45, 7) is 21.1. The molecule has 1 unspecified atom stereocenters. The molecule has 3 saturated carbocycles. The summed E-state index contributed by atoms with van der Waals surface area (Å²) in [7, 11) is 0. The molecule has 4 aliphatic rings. The van der Waals surface area contributed by atoms with E-state index in [-0.39, 0.29) is 29.3 Å². The predicted octanol–water partition coefficient (Wildman–Crippen LogP) is 8.76. The van der Waals surface area contributed by atoms with Crippen LogP contribution in [0.15, 0.2) is 22.9 Å². The van der Waals surface area contributed by atoms with Crippen LogP contribution in [0.2, 0.25) is 0 Å². The van der Waals surface area contributed by atoms with Gasteiger partial charge in [0.25, 0.3) is 0 Å². The molecular formula is C38H63NO4. The maximum absolute atomic E-state index is 13.3. The van der Waals surface area contributed by atoms with Crippen molar-refractivity contribution in [1.29, 1.82) is 0 Å². The highest BCUT2D eigenvalue weighted by Gasteiger charge is 2.59. The predicted molar refractivity (Wildman–Crippen MR) is 175 cm³/mol. The maximum Gasteiger partial charge on any atom is 0.355 e. The Kier molecular flexibility index (Phi) is 10.4. The Morgan fingerprint density at radius 3 is 2.37 bits per heavy atom. The molecule has 244 valence electrons. The molecule has 0 aromatic rings. The van der Waals surface area contributed by atoms with Gasteiger partial charge in [-0.2, -0.15) is 0 Å². The van der Waals surface area contributed by atoms with Crippen LogP contribution in [0.4, 0.5) is 0 Å². The first-order chi connectivity index (χ1) is 20.0. The summed E-state index contributed by atoms with van der Waals surface area (Å²) in [6.07, 6.45) is 14.9. The highest BCUT2D eigenvalue weighted by Crippen LogP contribution is 2.67. The molecule has 0 radical (unpaired) electrons. The molecule has 4 rings (SSSR count). The number of carbonyl (C=O) groups excluding carboxylic acids is 2. The highest BCUT2D eigenvalue weighted by molar-refractivity contribution is 5.95. The Labute approximate surface area is 263 Å². The van der Waals surface area contributed by atoms with E-state index >= 15 is 0 Å². The lowest BCUT2D eigenvalue weighted by atomic mass is 9.47. The second-order valence-corrected chi connectivity index (χ2v) is 16.8. The van der Waals surface area contributed by atoms with Crippen LogP contribution in [0.25, 0.3) is 0 Å². The van der Waals surface area contributed by atoms with Gasteiger partial charge in [-0.1, -0.05) is 66.0 Å². The van der Waals surface area contributed by atoms with Crippen LogP contribution in [0.5, 0.6) is 0 Å². The standard InChI is InChI=1S/C38H63NO4/c1-23(2)26(6)34(40)39-33(24(3)4)35(41)43-28-17-20-37(9)27(22-28)13-14-29-31-16-15-30(38(31,10)21-18-32(29)37)25(5)12-11-19-36(7,8)42/h13,23,25-26,28-32,42H,11-12,14-22H2,1-10H3,(H,39,40)/t25-,26-,28+,29+,30?,31+,32+,37+,38-/m1/s1. The van der Waals surface area contributed by atoms with Crippen molar-refractivity contribution in [3.63, 3.8) is 0 Å². The van der Waals surface area contributed by atoms with Crippen molar-refractivity contribution in [3.05, 3.63) is 22.9 Å². The molecule has 0 aliphatic heterocycles. The van der Waals surface area contributed by atoms with E-state index in [1.165, 1.54) is 44.1 Å². The Hall–Kier alpha value is -1.62. The van der Waals surface area contributed by atoms with Gasteiger partial charge in [-0.15, -0.1) is 0 Å². The van der Waals surface area contributed by atoms with Crippen molar-refractivity contribution < 1.29 is 19.4 Å². The first-order valence-corrected chi connectivity index (χ1v) is 17.6. The highest BCUT2D eigenvalue weighted by atomic mass is 16.5. The number of nitrogens with one attached hydrogen (secondary N) is 1. The summed E-state index contributed by atoms with van der Waals surface area (Å²) in [5, 5.41) is 13.1. The van der Waals surface area contributed by atoms with Crippen LogP contribution >= 0.6 is 0 Å². The van der Waals surface area contributed by atoms with Gasteiger partial charge in [0.05, 0.1) is 5.60 Å². The molecule has 1 amide bonds. The maximum atomic E-state index is 13.3. The summed E-state index contributed by atoms with van der Waals surface area (Å²) in [5.41, 5.74) is 2.66. The fourth-order valence-corrected chi connectivity index (χ4v) is 9.89. The second kappa shape index (κ2) is 13.0. The smallest absolute Gasteiger partial charge is 0.355 e. The van der Waals surface area contributed by atoms with E-state index in [1.54, 1.807) is 0 Å². The number of rotatable bonds is 10. The Balaban J connectivity index is 1.40. The topological polar surface area (TPSA) is 75.6 Å². The number of amides is 1. The van der Waals surface area contributed by atoms with Crippen molar-refractivity contribution in [3.8, 4) is 0 Å². The van der Waals surface area contributed by atoms with E-state index in [1.807, 2.05) is 48.5 Å². The van der Waals surface area contributed by atoms with E-state index in [4.69, 9.17) is 4.74 Å². The number of esters is 1. The number of allylic oxidation sites excluding steroid dienone is 2. The molecular weight excluding hydrogens is 534 g/mol. The van der Waals surface area contributed by atoms with E-state index in [0.29, 0.717) is 17.0 Å². The van der Waals surface area contributed by atoms with Gasteiger partial charge in [0.1, 0.15) is 11.8 Å². The first-order valence-electron chi connectivity index (χ1n) is 17.6. The minimum absolute atomic E-state index is 0.123. The minimum atomic E-state index is -0.561. The van der Waals surface area contributed by atoms with Gasteiger partial charge >= 0.3 is 5.97 Å². The fourth-order valence-electron chi connectivity index (χ4n) is 9.89. The van der Waals surface area contributed by atoms with Crippen LogP contribution in [0.1, 0.15) is 140 Å². The largest absolute Gasteiger partial charge is 0.457 e. The second-order valence-electron chi connectivity index (χ2n) is 16.8. The number of fused-ring (bicyclic) bond motifs is 5. The van der Waals surface area contributed by atoms with Gasteiger partial charge in [-0.3, -0.25) is 4.79 Å². The van der Waals surface area contributed by atoms with Crippen molar-refractivity contribution in [1.82, 2.24) is 5.32 Å². The van der Waals surface area contributed by atoms with Gasteiger partial charge in [0.2, 0.25) is 5.91 Å². The summed E-state index contributed by atoms with van der Waals surface area (Å²) in [5.74, 6) is 3.30. The molecule has 43 heavy (non-hydrogen) atoms. The number of hydrogen-bond donors (Lipinski definition) is 2. The average Bonchev–Trinajstić information content (AvgIpc) is 3.27. The van der Waals surface area contributed by atoms with E-state index in [2.05, 4.69) is 32.2 Å². The SMILES string of the molecule is CC(C)=C(NC(=O)[C@H](C)C(C)C)C(=O)O[C@H]1CC[C@@]2(C)C(=CC[C@@H]3[C@@H]2CC[C@]2(C)C([C@H](C)CCCC(C)(C)O)CC[C@@H]32)C1. The normalized spacial score (nSPS) is 35.2. The summed E-state index contributed by atoms with van der Waals surface area (Å²) in [6, 6.07) is 0. The third-order valence-corrected chi connectivity index (χ3v) is 12.9. The zero-order chi connectivity index (χ0) is 31.9. The fraction of sp³-hybridized carbons (Fsp3) is 0.842. The molecule has 4 aliphatic carbocycles. The number of hydrogen-bond acceptors (Lipinski definition) is 4. The zero-order valence-electron chi connectivity index (χ0n) is 29.1. The molecule has 0 aromatic heterocycles. The van der Waals surface area contributed by atoms with E-state index in [0.717, 1.165) is 61.3 Å². The number of aliphatic hydroxyl groups is 1. The van der Waals surface area contributed by atoms with Gasteiger partial charge in [-0.25, -0.2) is 4.79 Å². The molecule has 0 bridgehead atoms. The Morgan fingerprint density at radius 1 is 1.05 bits per heavy atom. The van der Waals surface area contributed by atoms with Gasteiger partial charge < -0.3 is 15.2 Å². The lowest BCUT2D eigenvalue weighted by Crippen LogP contribution is -2.51. The lowest BCUT2D eigenvalue weighted by molar-refractivity contribution is -0.148. The van der Waals surface area contributed by atoms with Crippen molar-refractivity contribution in [2.75, 3.05) is 0 Å². The van der Waals surface area contributed by atoms with Crippen LogP contribution < -0.4 is 5.32 Å². The molecule has 3 fully saturated rings. The van der Waals surface area contributed by atoms with Crippen LogP contribution in [0, 0.1) is 52.3 Å². The van der Waals surface area contributed by atoms with Crippen LogP contribution in [0.3, 0.4) is 0 Å². The third-order valence-electron chi connectivity index (χ3n) is 12.9. The molecule has 5 nitrogen and oxygen atoms in total. The lowest BCUT2D eigenvalue weighted by Gasteiger charge is -2.58. The average molecular weight is 598 g/mol. The monoisotopic (exact) mass is 597 g/mol. The summed E-state index contributed by atoms with van der Waals surface area (Å²) >= 11 is 0. The van der Waals surface area contributed by atoms with Gasteiger partial charge in [-0.05, 0) is 131 Å². The van der Waals surface area contributed by atoms with Gasteiger partial charge in [0, 0.05) is 12.3 Å². The Morgan fingerprint density at radius 2 is 1.74 bits per heavy atom. The van der Waals surface area contributed by atoms with Crippen molar-refractivity contribution in [2.45, 2.75) is 152 Å². The molecule has 0 saturated heterocycles. The molecule has 0 heterocycles. The molecule has 5 heteroatoms. The molecule has 2 N–H and O–H groups in total. The van der Waals surface area contributed by atoms with Crippen LogP contribution in [-0.2, 0) is 14.3 Å². The minimum Gasteiger partial charge on any atom is -0.457 e. The third kappa shape index (κ3) is 7.12. The molecule has 0 aromatic carbocycles. The zero-order valence-corrected chi connectivity index (χ0v) is 29.1. The van der Waals surface area contributed by atoms with E-state index < -0.39 is 11.6 Å². The van der Waals surface area contributed by atoms with Crippen molar-refractivity contribution in [2.24, 2.45) is 52.3 Å². The van der Waals surface area contributed by atoms with Gasteiger partial charge in [0.15, 0.2) is 0 Å². The molecule has 9 atom stereocenters. The summed E-state index contributed by atoms with van der Waals surface area (Å²) < 4.78 is 6.10.